The molecule has 0 spiro atoms. The molecule has 0 aliphatic carbocycles. The average Bonchev–Trinajstić information content (AvgIpc) is 3.00. The molecule has 1 N–H and O–H groups in total. The Hall–Kier alpha value is -2.48. The number of hydrogen-bond acceptors (Lipinski definition) is 4. The first-order valence-corrected chi connectivity index (χ1v) is 8.32. The number of nitrogens with zero attached hydrogens (tertiary/aromatic N) is 2. The van der Waals surface area contributed by atoms with Gasteiger partial charge in [0.05, 0.1) is 5.56 Å². The SMILES string of the molecule is Cc1nc(-c2ncc(CCc3ccc(C(F)(F)F)cc3)s2)cc(=O)[nH]1. The summed E-state index contributed by atoms with van der Waals surface area (Å²) in [4.78, 5) is 23.6. The number of aromatic nitrogens is 3. The van der Waals surface area contributed by atoms with E-state index in [0.717, 1.165) is 22.6 Å². The summed E-state index contributed by atoms with van der Waals surface area (Å²) >= 11 is 1.42. The molecule has 3 aromatic rings. The Bertz CT molecular complexity index is 929. The molecule has 0 aliphatic heterocycles. The molecule has 0 bridgehead atoms. The van der Waals surface area contributed by atoms with E-state index < -0.39 is 11.7 Å². The molecule has 1 aromatic carbocycles. The number of benzene rings is 1. The van der Waals surface area contributed by atoms with Gasteiger partial charge in [0.15, 0.2) is 0 Å². The molecule has 0 aliphatic rings. The molecule has 130 valence electrons. The molecule has 0 amide bonds. The fourth-order valence-electron chi connectivity index (χ4n) is 2.36. The van der Waals surface area contributed by atoms with Crippen LogP contribution in [0.2, 0.25) is 0 Å². The van der Waals surface area contributed by atoms with Crippen molar-refractivity contribution in [3.63, 3.8) is 0 Å². The lowest BCUT2D eigenvalue weighted by atomic mass is 10.1. The average molecular weight is 365 g/mol. The Morgan fingerprint density at radius 2 is 1.88 bits per heavy atom. The number of aryl methyl sites for hydroxylation is 3. The zero-order chi connectivity index (χ0) is 18.0. The highest BCUT2D eigenvalue weighted by Crippen LogP contribution is 2.29. The highest BCUT2D eigenvalue weighted by molar-refractivity contribution is 7.15. The van der Waals surface area contributed by atoms with E-state index in [1.165, 1.54) is 29.5 Å². The van der Waals surface area contributed by atoms with Gasteiger partial charge in [-0.1, -0.05) is 12.1 Å². The Labute approximate surface area is 145 Å². The van der Waals surface area contributed by atoms with Gasteiger partial charge in [0.2, 0.25) is 0 Å². The predicted molar refractivity (Wildman–Crippen MR) is 89.6 cm³/mol. The third-order valence-corrected chi connectivity index (χ3v) is 4.65. The number of halogens is 3. The molecule has 0 fully saturated rings. The molecule has 8 heteroatoms. The molecule has 25 heavy (non-hydrogen) atoms. The monoisotopic (exact) mass is 365 g/mol. The summed E-state index contributed by atoms with van der Waals surface area (Å²) in [5, 5.41) is 0.650. The Morgan fingerprint density at radius 1 is 1.16 bits per heavy atom. The Morgan fingerprint density at radius 3 is 2.52 bits per heavy atom. The maximum atomic E-state index is 12.6. The van der Waals surface area contributed by atoms with Crippen LogP contribution in [0.25, 0.3) is 10.7 Å². The fourth-order valence-corrected chi connectivity index (χ4v) is 3.23. The summed E-state index contributed by atoms with van der Waals surface area (Å²) in [6.45, 7) is 1.70. The van der Waals surface area contributed by atoms with Crippen LogP contribution in [0.5, 0.6) is 0 Å². The number of nitrogens with one attached hydrogen (secondary N) is 1. The van der Waals surface area contributed by atoms with E-state index in [4.69, 9.17) is 0 Å². The molecule has 3 rings (SSSR count). The molecule has 0 radical (unpaired) electrons. The van der Waals surface area contributed by atoms with Crippen molar-refractivity contribution >= 4 is 11.3 Å². The van der Waals surface area contributed by atoms with Crippen molar-refractivity contribution in [3.8, 4) is 10.7 Å². The molecule has 2 heterocycles. The highest BCUT2D eigenvalue weighted by Gasteiger charge is 2.29. The smallest absolute Gasteiger partial charge is 0.311 e. The standard InChI is InChI=1S/C17H14F3N3OS/c1-10-22-14(8-15(24)23-10)16-21-9-13(25-16)7-4-11-2-5-12(6-3-11)17(18,19)20/h2-3,5-6,8-9H,4,7H2,1H3,(H,22,23,24). The summed E-state index contributed by atoms with van der Waals surface area (Å²) in [5.41, 5.74) is 0.469. The summed E-state index contributed by atoms with van der Waals surface area (Å²) in [6, 6.07) is 6.57. The van der Waals surface area contributed by atoms with Crippen molar-refractivity contribution in [1.82, 2.24) is 15.0 Å². The van der Waals surface area contributed by atoms with Crippen molar-refractivity contribution in [2.45, 2.75) is 25.9 Å². The minimum Gasteiger partial charge on any atom is -0.311 e. The Balaban J connectivity index is 1.68. The number of thiazole rings is 1. The van der Waals surface area contributed by atoms with Gasteiger partial charge in [-0.15, -0.1) is 11.3 Å². The minimum atomic E-state index is -4.32. The molecular formula is C17H14F3N3OS. The first-order valence-electron chi connectivity index (χ1n) is 7.50. The predicted octanol–water partition coefficient (Wildman–Crippen LogP) is 4.01. The highest BCUT2D eigenvalue weighted by atomic mass is 32.1. The van der Waals surface area contributed by atoms with Crippen LogP contribution in [0.3, 0.4) is 0 Å². The molecule has 2 aromatic heterocycles. The van der Waals surface area contributed by atoms with Crippen LogP contribution in [0.15, 0.2) is 41.3 Å². The quantitative estimate of drug-likeness (QED) is 0.760. The van der Waals surface area contributed by atoms with E-state index in [-0.39, 0.29) is 5.56 Å². The van der Waals surface area contributed by atoms with Crippen LogP contribution in [0.4, 0.5) is 13.2 Å². The lowest BCUT2D eigenvalue weighted by Gasteiger charge is -2.07. The second-order valence-electron chi connectivity index (χ2n) is 5.54. The molecule has 0 saturated carbocycles. The topological polar surface area (TPSA) is 58.6 Å². The number of aromatic amines is 1. The van der Waals surface area contributed by atoms with E-state index in [2.05, 4.69) is 15.0 Å². The fraction of sp³-hybridized carbons (Fsp3) is 0.235. The lowest BCUT2D eigenvalue weighted by molar-refractivity contribution is -0.137. The van der Waals surface area contributed by atoms with Gasteiger partial charge in [0, 0.05) is 17.1 Å². The second kappa shape index (κ2) is 6.79. The van der Waals surface area contributed by atoms with Gasteiger partial charge in [-0.3, -0.25) is 4.79 Å². The van der Waals surface area contributed by atoms with Crippen molar-refractivity contribution < 1.29 is 13.2 Å². The van der Waals surface area contributed by atoms with Gasteiger partial charge in [-0.25, -0.2) is 9.97 Å². The molecular weight excluding hydrogens is 351 g/mol. The first-order chi connectivity index (χ1) is 11.8. The lowest BCUT2D eigenvalue weighted by Crippen LogP contribution is -2.08. The van der Waals surface area contributed by atoms with E-state index in [9.17, 15) is 18.0 Å². The van der Waals surface area contributed by atoms with Gasteiger partial charge in [0.25, 0.3) is 5.56 Å². The van der Waals surface area contributed by atoms with Crippen LogP contribution in [0.1, 0.15) is 21.8 Å². The Kier molecular flexibility index (Phi) is 4.71. The first kappa shape index (κ1) is 17.3. The number of hydrogen-bond donors (Lipinski definition) is 1. The van der Waals surface area contributed by atoms with Crippen LogP contribution < -0.4 is 5.56 Å². The zero-order valence-corrected chi connectivity index (χ0v) is 14.0. The molecule has 0 atom stereocenters. The molecule has 0 saturated heterocycles. The van der Waals surface area contributed by atoms with Crippen LogP contribution in [-0.2, 0) is 19.0 Å². The van der Waals surface area contributed by atoms with Crippen LogP contribution in [0, 0.1) is 6.92 Å². The molecule has 4 nitrogen and oxygen atoms in total. The van der Waals surface area contributed by atoms with Gasteiger partial charge in [-0.2, -0.15) is 13.2 Å². The zero-order valence-electron chi connectivity index (χ0n) is 13.2. The number of H-pyrrole nitrogens is 1. The van der Waals surface area contributed by atoms with E-state index in [0.29, 0.717) is 29.4 Å². The third kappa shape index (κ3) is 4.33. The van der Waals surface area contributed by atoms with E-state index in [1.807, 2.05) is 0 Å². The number of alkyl halides is 3. The maximum Gasteiger partial charge on any atom is 0.416 e. The second-order valence-corrected chi connectivity index (χ2v) is 6.66. The van der Waals surface area contributed by atoms with E-state index >= 15 is 0 Å². The van der Waals surface area contributed by atoms with Crippen LogP contribution >= 0.6 is 11.3 Å². The van der Waals surface area contributed by atoms with Gasteiger partial charge >= 0.3 is 6.18 Å². The van der Waals surface area contributed by atoms with Crippen molar-refractivity contribution in [3.05, 3.63) is 68.7 Å². The normalized spacial score (nSPS) is 11.7. The summed E-state index contributed by atoms with van der Waals surface area (Å²) in [7, 11) is 0. The number of rotatable bonds is 4. The van der Waals surface area contributed by atoms with Crippen molar-refractivity contribution in [2.24, 2.45) is 0 Å². The minimum absolute atomic E-state index is 0.232. The largest absolute Gasteiger partial charge is 0.416 e. The van der Waals surface area contributed by atoms with Gasteiger partial charge in [0.1, 0.15) is 16.5 Å². The third-order valence-electron chi connectivity index (χ3n) is 3.57. The maximum absolute atomic E-state index is 12.6. The summed E-state index contributed by atoms with van der Waals surface area (Å²) in [5.74, 6) is 0.518. The van der Waals surface area contributed by atoms with Crippen molar-refractivity contribution in [1.29, 1.82) is 0 Å². The van der Waals surface area contributed by atoms with E-state index in [1.54, 1.807) is 13.1 Å². The van der Waals surface area contributed by atoms with Crippen molar-refractivity contribution in [2.75, 3.05) is 0 Å². The summed E-state index contributed by atoms with van der Waals surface area (Å²) in [6.07, 6.45) is -1.33. The van der Waals surface area contributed by atoms with Gasteiger partial charge < -0.3 is 4.98 Å². The van der Waals surface area contributed by atoms with Crippen LogP contribution in [-0.4, -0.2) is 15.0 Å². The summed E-state index contributed by atoms with van der Waals surface area (Å²) < 4.78 is 37.7. The van der Waals surface area contributed by atoms with Gasteiger partial charge in [-0.05, 0) is 37.5 Å². The molecule has 0 unspecified atom stereocenters.